The highest BCUT2D eigenvalue weighted by molar-refractivity contribution is 6.00. The molecule has 2 atom stereocenters. The van der Waals surface area contributed by atoms with E-state index in [2.05, 4.69) is 5.32 Å². The highest BCUT2D eigenvalue weighted by Crippen LogP contribution is 2.15. The summed E-state index contributed by atoms with van der Waals surface area (Å²) in [5.74, 6) is -0.372. The molecule has 1 aromatic rings. The molecule has 0 aromatic heterocycles. The van der Waals surface area contributed by atoms with Gasteiger partial charge in [-0.05, 0) is 51.5 Å². The lowest BCUT2D eigenvalue weighted by molar-refractivity contribution is -0.139. The van der Waals surface area contributed by atoms with Gasteiger partial charge in [0.05, 0.1) is 12.1 Å². The predicted molar refractivity (Wildman–Crippen MR) is 80.8 cm³/mol. The summed E-state index contributed by atoms with van der Waals surface area (Å²) in [4.78, 5) is 23.2. The van der Waals surface area contributed by atoms with E-state index in [0.29, 0.717) is 17.7 Å². The van der Waals surface area contributed by atoms with Crippen LogP contribution in [0.2, 0.25) is 0 Å². The Hall–Kier alpha value is -1.88. The first kappa shape index (κ1) is 17.2. The van der Waals surface area contributed by atoms with Crippen molar-refractivity contribution in [3.8, 4) is 5.75 Å². The smallest absolute Gasteiger partial charge is 0.320 e. The Kier molecular flexibility index (Phi) is 6.37. The quantitative estimate of drug-likeness (QED) is 0.720. The van der Waals surface area contributed by atoms with Gasteiger partial charge in [0.2, 0.25) is 0 Å². The number of hydrogen-bond donors (Lipinski definition) is 2. The molecule has 0 aliphatic carbocycles. The van der Waals surface area contributed by atoms with E-state index in [1.807, 2.05) is 13.8 Å². The molecule has 5 heteroatoms. The van der Waals surface area contributed by atoms with Gasteiger partial charge >= 0.3 is 5.97 Å². The number of ether oxygens (including phenoxy) is 1. The fourth-order valence-corrected chi connectivity index (χ4v) is 1.96. The molecule has 0 amide bonds. The third-order valence-electron chi connectivity index (χ3n) is 3.06. The van der Waals surface area contributed by atoms with Gasteiger partial charge in [0.1, 0.15) is 11.8 Å². The summed E-state index contributed by atoms with van der Waals surface area (Å²) in [7, 11) is 0. The van der Waals surface area contributed by atoms with E-state index >= 15 is 0 Å². The summed E-state index contributed by atoms with van der Waals surface area (Å²) in [6.07, 6.45) is 0.502. The lowest BCUT2D eigenvalue weighted by Crippen LogP contribution is -2.45. The van der Waals surface area contributed by atoms with E-state index < -0.39 is 18.1 Å². The molecule has 0 saturated carbocycles. The normalized spacial score (nSPS) is 13.8. The number of Topliss-reactive ketones (excluding diaryl/α,β-unsaturated/α-hetero) is 1. The summed E-state index contributed by atoms with van der Waals surface area (Å²) < 4.78 is 5.52. The Bertz CT molecular complexity index is 482. The van der Waals surface area contributed by atoms with Crippen molar-refractivity contribution >= 4 is 11.8 Å². The number of carboxylic acids is 1. The van der Waals surface area contributed by atoms with Gasteiger partial charge in [-0.15, -0.1) is 0 Å². The summed E-state index contributed by atoms with van der Waals surface area (Å²) in [5, 5.41) is 11.8. The number of ketones is 1. The molecule has 0 radical (unpaired) electrons. The number of aliphatic carboxylic acids is 1. The number of rotatable bonds is 8. The lowest BCUT2D eigenvalue weighted by atomic mass is 10.0. The van der Waals surface area contributed by atoms with Gasteiger partial charge in [0.25, 0.3) is 0 Å². The SMILES string of the molecule is CCC(NC(C)C(=O)c1ccc(OC(C)C)cc1)C(=O)O. The monoisotopic (exact) mass is 293 g/mol. The van der Waals surface area contributed by atoms with E-state index in [1.54, 1.807) is 38.1 Å². The second-order valence-corrected chi connectivity index (χ2v) is 5.24. The molecule has 0 aliphatic heterocycles. The second kappa shape index (κ2) is 7.78. The molecule has 0 aliphatic rings. The van der Waals surface area contributed by atoms with Gasteiger partial charge < -0.3 is 9.84 Å². The van der Waals surface area contributed by atoms with Crippen LogP contribution in [-0.2, 0) is 4.79 Å². The highest BCUT2D eigenvalue weighted by Gasteiger charge is 2.22. The maximum Gasteiger partial charge on any atom is 0.320 e. The van der Waals surface area contributed by atoms with Crippen LogP contribution in [0.1, 0.15) is 44.5 Å². The van der Waals surface area contributed by atoms with Gasteiger partial charge in [-0.25, -0.2) is 0 Å². The molecule has 1 rings (SSSR count). The fraction of sp³-hybridized carbons (Fsp3) is 0.500. The molecular formula is C16H23NO4. The number of hydrogen-bond acceptors (Lipinski definition) is 4. The number of nitrogens with one attached hydrogen (secondary N) is 1. The van der Waals surface area contributed by atoms with Crippen molar-refractivity contribution in [2.45, 2.75) is 52.3 Å². The Morgan fingerprint density at radius 2 is 1.76 bits per heavy atom. The molecule has 0 bridgehead atoms. The molecule has 2 unspecified atom stereocenters. The van der Waals surface area contributed by atoms with Crippen LogP contribution >= 0.6 is 0 Å². The Labute approximate surface area is 125 Å². The number of carbonyl (C=O) groups excluding carboxylic acids is 1. The van der Waals surface area contributed by atoms with Gasteiger partial charge in [0, 0.05) is 5.56 Å². The topological polar surface area (TPSA) is 75.6 Å². The average molecular weight is 293 g/mol. The second-order valence-electron chi connectivity index (χ2n) is 5.24. The molecule has 1 aromatic carbocycles. The standard InChI is InChI=1S/C16H23NO4/c1-5-14(16(19)20)17-11(4)15(18)12-6-8-13(9-7-12)21-10(2)3/h6-11,14,17H,5H2,1-4H3,(H,19,20). The minimum absolute atomic E-state index is 0.0769. The van der Waals surface area contributed by atoms with Gasteiger partial charge in [-0.3, -0.25) is 14.9 Å². The van der Waals surface area contributed by atoms with Crippen LogP contribution in [0.4, 0.5) is 0 Å². The third kappa shape index (κ3) is 5.19. The van der Waals surface area contributed by atoms with E-state index in [4.69, 9.17) is 9.84 Å². The van der Waals surface area contributed by atoms with Crippen LogP contribution in [-0.4, -0.2) is 35.0 Å². The van der Waals surface area contributed by atoms with Crippen molar-refractivity contribution in [1.82, 2.24) is 5.32 Å². The van der Waals surface area contributed by atoms with E-state index in [-0.39, 0.29) is 11.9 Å². The minimum atomic E-state index is -0.946. The first-order valence-electron chi connectivity index (χ1n) is 7.15. The molecule has 21 heavy (non-hydrogen) atoms. The minimum Gasteiger partial charge on any atom is -0.491 e. The van der Waals surface area contributed by atoms with Crippen LogP contribution < -0.4 is 10.1 Å². The molecule has 0 heterocycles. The number of carboxylic acid groups (broad SMARTS) is 1. The van der Waals surface area contributed by atoms with Gasteiger partial charge in [0.15, 0.2) is 5.78 Å². The maximum absolute atomic E-state index is 12.3. The van der Waals surface area contributed by atoms with Crippen molar-refractivity contribution in [1.29, 1.82) is 0 Å². The third-order valence-corrected chi connectivity index (χ3v) is 3.06. The fourth-order valence-electron chi connectivity index (χ4n) is 1.96. The van der Waals surface area contributed by atoms with Crippen molar-refractivity contribution in [3.63, 3.8) is 0 Å². The first-order chi connectivity index (χ1) is 9.85. The Morgan fingerprint density at radius 3 is 2.19 bits per heavy atom. The van der Waals surface area contributed by atoms with E-state index in [0.717, 1.165) is 0 Å². The first-order valence-corrected chi connectivity index (χ1v) is 7.15. The molecule has 0 fully saturated rings. The van der Waals surface area contributed by atoms with Crippen molar-refractivity contribution in [2.24, 2.45) is 0 Å². The van der Waals surface area contributed by atoms with Crippen LogP contribution in [0, 0.1) is 0 Å². The summed E-state index contributed by atoms with van der Waals surface area (Å²) in [6, 6.07) is 5.61. The molecule has 2 N–H and O–H groups in total. The van der Waals surface area contributed by atoms with Crippen molar-refractivity contribution in [2.75, 3.05) is 0 Å². The summed E-state index contributed by atoms with van der Waals surface area (Å²) >= 11 is 0. The molecule has 116 valence electrons. The van der Waals surface area contributed by atoms with Crippen molar-refractivity contribution in [3.05, 3.63) is 29.8 Å². The van der Waals surface area contributed by atoms with Gasteiger partial charge in [-0.1, -0.05) is 6.92 Å². The van der Waals surface area contributed by atoms with E-state index in [9.17, 15) is 9.59 Å². The zero-order chi connectivity index (χ0) is 16.0. The Morgan fingerprint density at radius 1 is 1.19 bits per heavy atom. The zero-order valence-electron chi connectivity index (χ0n) is 12.9. The Balaban J connectivity index is 2.71. The lowest BCUT2D eigenvalue weighted by Gasteiger charge is -2.18. The molecule has 5 nitrogen and oxygen atoms in total. The zero-order valence-corrected chi connectivity index (χ0v) is 12.9. The average Bonchev–Trinajstić information content (AvgIpc) is 2.43. The van der Waals surface area contributed by atoms with E-state index in [1.165, 1.54) is 0 Å². The molecule has 0 spiro atoms. The van der Waals surface area contributed by atoms with Gasteiger partial charge in [-0.2, -0.15) is 0 Å². The predicted octanol–water partition coefficient (Wildman–Crippen LogP) is 2.50. The van der Waals surface area contributed by atoms with Crippen LogP contribution in [0.5, 0.6) is 5.75 Å². The highest BCUT2D eigenvalue weighted by atomic mass is 16.5. The number of carbonyl (C=O) groups is 2. The van der Waals surface area contributed by atoms with Crippen molar-refractivity contribution < 1.29 is 19.4 Å². The summed E-state index contributed by atoms with van der Waals surface area (Å²) in [6.45, 7) is 7.30. The molecular weight excluding hydrogens is 270 g/mol. The van der Waals surface area contributed by atoms with Crippen LogP contribution in [0.25, 0.3) is 0 Å². The van der Waals surface area contributed by atoms with Crippen LogP contribution in [0.15, 0.2) is 24.3 Å². The molecule has 0 saturated heterocycles. The largest absolute Gasteiger partial charge is 0.491 e. The maximum atomic E-state index is 12.3. The van der Waals surface area contributed by atoms with Crippen LogP contribution in [0.3, 0.4) is 0 Å². The summed E-state index contributed by atoms with van der Waals surface area (Å²) in [5.41, 5.74) is 0.534. The number of benzene rings is 1.